The number of fused-ring (bicyclic) bond motifs is 1. The Labute approximate surface area is 136 Å². The van der Waals surface area contributed by atoms with Crippen molar-refractivity contribution < 1.29 is 9.90 Å². The number of aromatic carboxylic acids is 1. The molecule has 3 aromatic rings. The van der Waals surface area contributed by atoms with Gasteiger partial charge >= 0.3 is 5.97 Å². The van der Waals surface area contributed by atoms with Gasteiger partial charge in [0, 0.05) is 29.9 Å². The van der Waals surface area contributed by atoms with Crippen molar-refractivity contribution in [1.82, 2.24) is 19.7 Å². The second-order valence-electron chi connectivity index (χ2n) is 5.62. The van der Waals surface area contributed by atoms with Crippen LogP contribution in [0.3, 0.4) is 0 Å². The zero-order valence-corrected chi connectivity index (χ0v) is 12.5. The minimum atomic E-state index is -1.03. The molecule has 2 N–H and O–H groups in total. The Hall–Kier alpha value is -3.47. The zero-order chi connectivity index (χ0) is 16.7. The van der Waals surface area contributed by atoms with Crippen molar-refractivity contribution in [3.05, 3.63) is 41.9 Å². The summed E-state index contributed by atoms with van der Waals surface area (Å²) in [6, 6.07) is 5.70. The van der Waals surface area contributed by atoms with Gasteiger partial charge in [0.05, 0.1) is 17.4 Å². The minimum Gasteiger partial charge on any atom is -0.478 e. The third kappa shape index (κ3) is 2.42. The number of nitriles is 1. The molecule has 0 atom stereocenters. The lowest BCUT2D eigenvalue weighted by Gasteiger charge is -2.10. The number of hydrogen-bond donors (Lipinski definition) is 2. The molecule has 0 bridgehead atoms. The first-order valence-electron chi connectivity index (χ1n) is 7.40. The highest BCUT2D eigenvalue weighted by molar-refractivity contribution is 5.94. The second kappa shape index (κ2) is 5.31. The first-order valence-corrected chi connectivity index (χ1v) is 7.40. The average molecular weight is 320 g/mol. The molecule has 118 valence electrons. The molecular formula is C16H12N6O2. The highest BCUT2D eigenvalue weighted by Crippen LogP contribution is 2.28. The highest BCUT2D eigenvalue weighted by Gasteiger charge is 2.24. The Balaban J connectivity index is 1.81. The number of carboxylic acid groups (broad SMARTS) is 1. The molecule has 0 amide bonds. The molecular weight excluding hydrogens is 308 g/mol. The van der Waals surface area contributed by atoms with Gasteiger partial charge in [0.2, 0.25) is 0 Å². The molecule has 1 fully saturated rings. The number of anilines is 1. The second-order valence-corrected chi connectivity index (χ2v) is 5.62. The fraction of sp³-hybridized carbons (Fsp3) is 0.188. The maximum atomic E-state index is 11.4. The Morgan fingerprint density at radius 1 is 1.29 bits per heavy atom. The van der Waals surface area contributed by atoms with E-state index in [1.165, 1.54) is 17.1 Å². The molecule has 4 rings (SSSR count). The zero-order valence-electron chi connectivity index (χ0n) is 12.5. The van der Waals surface area contributed by atoms with Gasteiger partial charge in [0.1, 0.15) is 11.6 Å². The number of nitrogens with zero attached hydrogens (tertiary/aromatic N) is 5. The van der Waals surface area contributed by atoms with E-state index in [4.69, 9.17) is 5.26 Å². The Morgan fingerprint density at radius 3 is 2.83 bits per heavy atom. The molecule has 3 heterocycles. The van der Waals surface area contributed by atoms with Gasteiger partial charge in [-0.1, -0.05) is 0 Å². The third-order valence-electron chi connectivity index (χ3n) is 3.81. The summed E-state index contributed by atoms with van der Waals surface area (Å²) >= 11 is 0. The lowest BCUT2D eigenvalue weighted by Crippen LogP contribution is -2.11. The van der Waals surface area contributed by atoms with Crippen LogP contribution in [0, 0.1) is 11.3 Å². The van der Waals surface area contributed by atoms with Gasteiger partial charge in [-0.05, 0) is 18.9 Å². The molecule has 0 spiro atoms. The van der Waals surface area contributed by atoms with Crippen molar-refractivity contribution in [3.63, 3.8) is 0 Å². The van der Waals surface area contributed by atoms with Crippen molar-refractivity contribution in [2.75, 3.05) is 5.32 Å². The summed E-state index contributed by atoms with van der Waals surface area (Å²) in [5, 5.41) is 26.4. The number of hydrogen-bond acceptors (Lipinski definition) is 6. The first kappa shape index (κ1) is 14.1. The van der Waals surface area contributed by atoms with Crippen molar-refractivity contribution in [2.24, 2.45) is 0 Å². The van der Waals surface area contributed by atoms with Crippen LogP contribution in [0.25, 0.3) is 16.9 Å². The van der Waals surface area contributed by atoms with Crippen molar-refractivity contribution in [3.8, 4) is 11.9 Å². The molecule has 1 aliphatic carbocycles. The SMILES string of the molecule is N#Cc1cnc2c(cnn2-c2cc(NC3CC3)c(C(=O)O)cn2)c1. The smallest absolute Gasteiger partial charge is 0.339 e. The van der Waals surface area contributed by atoms with E-state index in [0.29, 0.717) is 28.8 Å². The number of pyridine rings is 2. The van der Waals surface area contributed by atoms with Crippen LogP contribution in [0.5, 0.6) is 0 Å². The van der Waals surface area contributed by atoms with Crippen LogP contribution in [0.4, 0.5) is 5.69 Å². The van der Waals surface area contributed by atoms with Gasteiger partial charge in [-0.3, -0.25) is 0 Å². The molecule has 3 aromatic heterocycles. The number of carboxylic acids is 1. The normalized spacial score (nSPS) is 13.6. The Kier molecular flexibility index (Phi) is 3.13. The van der Waals surface area contributed by atoms with E-state index in [1.807, 2.05) is 6.07 Å². The number of aromatic nitrogens is 4. The summed E-state index contributed by atoms with van der Waals surface area (Å²) < 4.78 is 1.53. The molecule has 0 aromatic carbocycles. The Morgan fingerprint density at radius 2 is 2.12 bits per heavy atom. The van der Waals surface area contributed by atoms with E-state index in [-0.39, 0.29) is 5.56 Å². The molecule has 0 unspecified atom stereocenters. The standard InChI is InChI=1S/C16H12N6O2/c17-5-9-3-10-7-20-22(15(10)19-6-9)14-4-13(21-11-1-2-11)12(8-18-14)16(23)24/h3-4,6-8,11H,1-2H2,(H,18,21)(H,23,24). The molecule has 8 heteroatoms. The predicted molar refractivity (Wildman–Crippen MR) is 85.0 cm³/mol. The summed E-state index contributed by atoms with van der Waals surface area (Å²) in [7, 11) is 0. The van der Waals surface area contributed by atoms with E-state index in [1.54, 1.807) is 18.3 Å². The summed E-state index contributed by atoms with van der Waals surface area (Å²) in [5.41, 5.74) is 1.66. The first-order chi connectivity index (χ1) is 11.7. The van der Waals surface area contributed by atoms with Gasteiger partial charge in [-0.25, -0.2) is 14.8 Å². The van der Waals surface area contributed by atoms with Crippen LogP contribution in [0.2, 0.25) is 0 Å². The average Bonchev–Trinajstić information content (AvgIpc) is 3.30. The summed E-state index contributed by atoms with van der Waals surface area (Å²) in [5.74, 6) is -0.560. The number of nitrogens with one attached hydrogen (secondary N) is 1. The predicted octanol–water partition coefficient (Wildman–Crippen LogP) is 1.96. The van der Waals surface area contributed by atoms with Crippen LogP contribution < -0.4 is 5.32 Å². The van der Waals surface area contributed by atoms with E-state index < -0.39 is 5.97 Å². The molecule has 0 radical (unpaired) electrons. The highest BCUT2D eigenvalue weighted by atomic mass is 16.4. The van der Waals surface area contributed by atoms with Gasteiger partial charge in [0.15, 0.2) is 11.5 Å². The fourth-order valence-electron chi connectivity index (χ4n) is 2.45. The lowest BCUT2D eigenvalue weighted by molar-refractivity contribution is 0.0697. The minimum absolute atomic E-state index is 0.127. The molecule has 8 nitrogen and oxygen atoms in total. The van der Waals surface area contributed by atoms with Crippen LogP contribution in [0.15, 0.2) is 30.7 Å². The van der Waals surface area contributed by atoms with Gasteiger partial charge in [-0.15, -0.1) is 0 Å². The van der Waals surface area contributed by atoms with E-state index in [2.05, 4.69) is 20.4 Å². The van der Waals surface area contributed by atoms with E-state index >= 15 is 0 Å². The topological polar surface area (TPSA) is 117 Å². The lowest BCUT2D eigenvalue weighted by atomic mass is 10.2. The Bertz CT molecular complexity index is 999. The molecule has 1 saturated carbocycles. The van der Waals surface area contributed by atoms with Gasteiger partial charge in [0.25, 0.3) is 0 Å². The van der Waals surface area contributed by atoms with E-state index in [9.17, 15) is 9.90 Å². The largest absolute Gasteiger partial charge is 0.478 e. The fourth-order valence-corrected chi connectivity index (χ4v) is 2.45. The van der Waals surface area contributed by atoms with Gasteiger partial charge < -0.3 is 10.4 Å². The maximum Gasteiger partial charge on any atom is 0.339 e. The molecule has 24 heavy (non-hydrogen) atoms. The summed E-state index contributed by atoms with van der Waals surface area (Å²) in [6.45, 7) is 0. The third-order valence-corrected chi connectivity index (χ3v) is 3.81. The summed E-state index contributed by atoms with van der Waals surface area (Å²) in [6.07, 6.45) is 6.44. The molecule has 1 aliphatic rings. The van der Waals surface area contributed by atoms with Crippen LogP contribution in [-0.2, 0) is 0 Å². The number of carbonyl (C=O) groups is 1. The van der Waals surface area contributed by atoms with E-state index in [0.717, 1.165) is 18.2 Å². The maximum absolute atomic E-state index is 11.4. The van der Waals surface area contributed by atoms with Crippen LogP contribution in [0.1, 0.15) is 28.8 Å². The van der Waals surface area contributed by atoms with Crippen molar-refractivity contribution >= 4 is 22.7 Å². The molecule has 0 aliphatic heterocycles. The van der Waals surface area contributed by atoms with Crippen LogP contribution in [-0.4, -0.2) is 36.9 Å². The van der Waals surface area contributed by atoms with Crippen molar-refractivity contribution in [1.29, 1.82) is 5.26 Å². The van der Waals surface area contributed by atoms with Gasteiger partial charge in [-0.2, -0.15) is 15.0 Å². The van der Waals surface area contributed by atoms with Crippen molar-refractivity contribution in [2.45, 2.75) is 18.9 Å². The monoisotopic (exact) mass is 320 g/mol. The number of rotatable bonds is 4. The quantitative estimate of drug-likeness (QED) is 0.754. The summed E-state index contributed by atoms with van der Waals surface area (Å²) in [4.78, 5) is 19.8. The molecule has 0 saturated heterocycles. The van der Waals surface area contributed by atoms with Crippen LogP contribution >= 0.6 is 0 Å².